The van der Waals surface area contributed by atoms with Crippen molar-refractivity contribution in [2.45, 2.75) is 119 Å². The number of aromatic nitrogens is 2. The Morgan fingerprint density at radius 1 is 0.878 bits per heavy atom. The first-order chi connectivity index (χ1) is 23.2. The van der Waals surface area contributed by atoms with Crippen molar-refractivity contribution in [3.63, 3.8) is 0 Å². The molecule has 3 rings (SSSR count). The number of aryl methyl sites for hydroxylation is 1. The van der Waals surface area contributed by atoms with E-state index in [1.807, 2.05) is 48.7 Å². The summed E-state index contributed by atoms with van der Waals surface area (Å²) in [5.41, 5.74) is 3.53. The summed E-state index contributed by atoms with van der Waals surface area (Å²) < 4.78 is 8.52. The monoisotopic (exact) mass is 777 g/mol. The Hall–Kier alpha value is -2.06. The standard InChI is InChI=1S/C40H58BrCl2N3O3/c1-26(2)40(27(3)4,28(5)6)22-14-12-10-9-11-13-15-23-49-25-30(8)46-37(36(38(47)48)45-39(46)41)35(31-17-20-32(42)21-18-31)44-34-24-33(43)19-16-29(34)7/h16-21,24,26-28,30,35,44H,9-15,22-23,25H2,1-8H3,(H,47,48)/t30-,35?/m0/s1. The number of aromatic carboxylic acids is 1. The summed E-state index contributed by atoms with van der Waals surface area (Å²) in [4.78, 5) is 17.0. The summed E-state index contributed by atoms with van der Waals surface area (Å²) in [5.74, 6) is 1.01. The van der Waals surface area contributed by atoms with Gasteiger partial charge in [-0.1, -0.05) is 121 Å². The average Bonchev–Trinajstić information content (AvgIpc) is 3.38. The van der Waals surface area contributed by atoms with Crippen LogP contribution in [0, 0.1) is 30.1 Å². The van der Waals surface area contributed by atoms with E-state index in [4.69, 9.17) is 27.9 Å². The molecule has 9 heteroatoms. The van der Waals surface area contributed by atoms with E-state index in [2.05, 4.69) is 67.8 Å². The molecule has 0 saturated carbocycles. The van der Waals surface area contributed by atoms with Gasteiger partial charge in [-0.2, -0.15) is 0 Å². The van der Waals surface area contributed by atoms with Gasteiger partial charge in [0, 0.05) is 22.3 Å². The van der Waals surface area contributed by atoms with Gasteiger partial charge in [0.2, 0.25) is 0 Å². The van der Waals surface area contributed by atoms with Gasteiger partial charge in [0.1, 0.15) is 0 Å². The molecule has 2 N–H and O–H groups in total. The van der Waals surface area contributed by atoms with E-state index in [0.717, 1.165) is 29.7 Å². The lowest BCUT2D eigenvalue weighted by molar-refractivity contribution is 0.0356. The van der Waals surface area contributed by atoms with Crippen molar-refractivity contribution in [2.24, 2.45) is 23.2 Å². The fraction of sp³-hybridized carbons (Fsp3) is 0.600. The highest BCUT2D eigenvalue weighted by molar-refractivity contribution is 9.10. The first-order valence-electron chi connectivity index (χ1n) is 18.1. The number of hydrogen-bond acceptors (Lipinski definition) is 4. The van der Waals surface area contributed by atoms with Crippen molar-refractivity contribution in [2.75, 3.05) is 18.5 Å². The van der Waals surface area contributed by atoms with E-state index >= 15 is 0 Å². The van der Waals surface area contributed by atoms with E-state index in [0.29, 0.717) is 56.9 Å². The highest BCUT2D eigenvalue weighted by atomic mass is 79.9. The summed E-state index contributed by atoms with van der Waals surface area (Å²) in [6.07, 6.45) is 9.89. The zero-order valence-electron chi connectivity index (χ0n) is 30.8. The van der Waals surface area contributed by atoms with Gasteiger partial charge in [-0.25, -0.2) is 9.78 Å². The van der Waals surface area contributed by atoms with E-state index in [1.54, 1.807) is 12.1 Å². The number of carboxylic acid groups (broad SMARTS) is 1. The van der Waals surface area contributed by atoms with E-state index < -0.39 is 12.0 Å². The van der Waals surface area contributed by atoms with Crippen LogP contribution in [-0.4, -0.2) is 33.8 Å². The van der Waals surface area contributed by atoms with Crippen molar-refractivity contribution in [3.05, 3.63) is 79.8 Å². The Bertz CT molecular complexity index is 1450. The van der Waals surface area contributed by atoms with Gasteiger partial charge in [-0.15, -0.1) is 0 Å². The largest absolute Gasteiger partial charge is 0.476 e. The van der Waals surface area contributed by atoms with Gasteiger partial charge in [0.05, 0.1) is 24.4 Å². The first kappa shape index (κ1) is 41.4. The van der Waals surface area contributed by atoms with E-state index in [9.17, 15) is 9.90 Å². The molecule has 0 aliphatic carbocycles. The van der Waals surface area contributed by atoms with Crippen LogP contribution in [0.3, 0.4) is 0 Å². The Kier molecular flexibility index (Phi) is 16.5. The molecule has 1 unspecified atom stereocenters. The van der Waals surface area contributed by atoms with Gasteiger partial charge in [-0.05, 0) is 101 Å². The quantitative estimate of drug-likeness (QED) is 0.105. The van der Waals surface area contributed by atoms with E-state index in [1.165, 1.54) is 38.5 Å². The lowest BCUT2D eigenvalue weighted by Crippen LogP contribution is -2.38. The van der Waals surface area contributed by atoms with E-state index in [-0.39, 0.29) is 11.7 Å². The Morgan fingerprint density at radius 2 is 1.43 bits per heavy atom. The van der Waals surface area contributed by atoms with Gasteiger partial charge in [-0.3, -0.25) is 0 Å². The minimum atomic E-state index is -1.11. The van der Waals surface area contributed by atoms with Crippen LogP contribution < -0.4 is 5.32 Å². The molecule has 0 saturated heterocycles. The van der Waals surface area contributed by atoms with Crippen LogP contribution in [0.15, 0.2) is 47.2 Å². The number of carbonyl (C=O) groups is 1. The van der Waals surface area contributed by atoms with Crippen molar-refractivity contribution in [1.29, 1.82) is 0 Å². The molecular formula is C40H58BrCl2N3O3. The molecule has 0 fully saturated rings. The number of rotatable bonds is 21. The fourth-order valence-corrected chi connectivity index (χ4v) is 8.87. The summed E-state index contributed by atoms with van der Waals surface area (Å²) in [6.45, 7) is 19.5. The fourth-order valence-electron chi connectivity index (χ4n) is 7.85. The van der Waals surface area contributed by atoms with Gasteiger partial charge >= 0.3 is 5.97 Å². The highest BCUT2D eigenvalue weighted by Gasteiger charge is 2.39. The van der Waals surface area contributed by atoms with Crippen molar-refractivity contribution in [3.8, 4) is 0 Å². The summed E-state index contributed by atoms with van der Waals surface area (Å²) in [6, 6.07) is 12.3. The predicted molar refractivity (Wildman–Crippen MR) is 209 cm³/mol. The molecule has 2 atom stereocenters. The summed E-state index contributed by atoms with van der Waals surface area (Å²) in [5, 5.41) is 15.0. The molecule has 0 aliphatic rings. The Labute approximate surface area is 313 Å². The zero-order valence-corrected chi connectivity index (χ0v) is 33.9. The molecule has 0 spiro atoms. The average molecular weight is 780 g/mol. The van der Waals surface area contributed by atoms with Gasteiger partial charge in [0.15, 0.2) is 10.4 Å². The van der Waals surface area contributed by atoms with Gasteiger partial charge in [0.25, 0.3) is 0 Å². The van der Waals surface area contributed by atoms with Crippen LogP contribution >= 0.6 is 39.1 Å². The lowest BCUT2D eigenvalue weighted by atomic mass is 9.60. The van der Waals surface area contributed by atoms with Crippen LogP contribution in [0.1, 0.15) is 139 Å². The zero-order chi connectivity index (χ0) is 36.3. The third kappa shape index (κ3) is 11.0. The molecule has 272 valence electrons. The van der Waals surface area contributed by atoms with Crippen LogP contribution in [0.5, 0.6) is 0 Å². The lowest BCUT2D eigenvalue weighted by Gasteiger charge is -2.45. The number of ether oxygens (including phenoxy) is 1. The van der Waals surface area contributed by atoms with Crippen LogP contribution in [0.4, 0.5) is 5.69 Å². The first-order valence-corrected chi connectivity index (χ1v) is 19.6. The molecule has 0 radical (unpaired) electrons. The number of nitrogens with one attached hydrogen (secondary N) is 1. The second-order valence-corrected chi connectivity index (χ2v) is 16.2. The second-order valence-electron chi connectivity index (χ2n) is 14.6. The Balaban J connectivity index is 1.60. The molecule has 0 aliphatic heterocycles. The maximum absolute atomic E-state index is 12.5. The number of halogens is 3. The minimum Gasteiger partial charge on any atom is -0.476 e. The normalized spacial score (nSPS) is 13.4. The van der Waals surface area contributed by atoms with Crippen LogP contribution in [0.2, 0.25) is 10.0 Å². The molecule has 1 heterocycles. The SMILES string of the molecule is Cc1ccc(Cl)cc1NC(c1ccc(Cl)cc1)c1c(C(=O)O)nc(Br)n1[C@@H](C)COCCCCCCCCCC(C(C)C)(C(C)C)C(C)C. The number of nitrogens with zero attached hydrogens (tertiary/aromatic N) is 2. The number of unbranched alkanes of at least 4 members (excludes halogenated alkanes) is 6. The smallest absolute Gasteiger partial charge is 0.356 e. The number of imidazole rings is 1. The second kappa shape index (κ2) is 19.5. The third-order valence-electron chi connectivity index (χ3n) is 10.5. The van der Waals surface area contributed by atoms with Crippen molar-refractivity contribution >= 4 is 50.8 Å². The maximum Gasteiger partial charge on any atom is 0.356 e. The van der Waals surface area contributed by atoms with Crippen LogP contribution in [-0.2, 0) is 4.74 Å². The molecule has 3 aromatic rings. The predicted octanol–water partition coefficient (Wildman–Crippen LogP) is 12.8. The number of hydrogen-bond donors (Lipinski definition) is 2. The molecule has 2 aromatic carbocycles. The van der Waals surface area contributed by atoms with Crippen molar-refractivity contribution in [1.82, 2.24) is 9.55 Å². The molecular weight excluding hydrogens is 721 g/mol. The van der Waals surface area contributed by atoms with Crippen molar-refractivity contribution < 1.29 is 14.6 Å². The molecule has 0 amide bonds. The number of benzene rings is 2. The number of carboxylic acids is 1. The van der Waals surface area contributed by atoms with Crippen LogP contribution in [0.25, 0.3) is 0 Å². The topological polar surface area (TPSA) is 76.4 Å². The number of anilines is 1. The minimum absolute atomic E-state index is 0.0332. The molecule has 6 nitrogen and oxygen atoms in total. The highest BCUT2D eigenvalue weighted by Crippen LogP contribution is 2.47. The van der Waals surface area contributed by atoms with Gasteiger partial charge < -0.3 is 19.7 Å². The Morgan fingerprint density at radius 3 is 2.00 bits per heavy atom. The third-order valence-corrected chi connectivity index (χ3v) is 11.6. The summed E-state index contributed by atoms with van der Waals surface area (Å²) in [7, 11) is 0. The molecule has 1 aromatic heterocycles. The molecule has 0 bridgehead atoms. The summed E-state index contributed by atoms with van der Waals surface area (Å²) >= 11 is 16.2. The molecule has 49 heavy (non-hydrogen) atoms. The maximum atomic E-state index is 12.5.